The summed E-state index contributed by atoms with van der Waals surface area (Å²) in [6, 6.07) is 3.97. The number of nitrogen functional groups attached to an aromatic ring is 1. The van der Waals surface area contributed by atoms with Crippen LogP contribution in [0, 0.1) is 5.92 Å². The summed E-state index contributed by atoms with van der Waals surface area (Å²) in [6.45, 7) is 11.2. The molecule has 1 saturated heterocycles. The summed E-state index contributed by atoms with van der Waals surface area (Å²) in [7, 11) is 0. The van der Waals surface area contributed by atoms with Gasteiger partial charge in [0.05, 0.1) is 17.6 Å². The second-order valence-corrected chi connectivity index (χ2v) is 10.5. The molecule has 0 atom stereocenters. The van der Waals surface area contributed by atoms with Crippen molar-refractivity contribution in [3.63, 3.8) is 0 Å². The van der Waals surface area contributed by atoms with Crippen molar-refractivity contribution in [3.05, 3.63) is 47.3 Å². The first kappa shape index (κ1) is 27.3. The van der Waals surface area contributed by atoms with Crippen LogP contribution in [0.3, 0.4) is 0 Å². The van der Waals surface area contributed by atoms with E-state index >= 15 is 0 Å². The van der Waals surface area contributed by atoms with Gasteiger partial charge in [-0.15, -0.1) is 0 Å². The number of nitrogens with one attached hydrogen (secondary N) is 1. The number of likely N-dealkylation sites (tertiary alicyclic amines) is 1. The highest BCUT2D eigenvalue weighted by Gasteiger charge is 2.22. The van der Waals surface area contributed by atoms with Crippen LogP contribution in [0.2, 0.25) is 0 Å². The van der Waals surface area contributed by atoms with E-state index in [1.54, 1.807) is 12.3 Å². The predicted molar refractivity (Wildman–Crippen MR) is 142 cm³/mol. The number of carboxylic acid groups (broad SMARTS) is 1. The molecule has 0 saturated carbocycles. The minimum Gasteiger partial charge on any atom is -0.478 e. The SMILES string of the molecule is CCCc1cc(N)c(NC(=O)OC(C)(C)C)cc1CN1CCC(Cn2cc(/C=C/C(=O)O)cn2)CC1. The Kier molecular flexibility index (Phi) is 9.14. The van der Waals surface area contributed by atoms with Gasteiger partial charge in [0, 0.05) is 30.9 Å². The summed E-state index contributed by atoms with van der Waals surface area (Å²) in [6.07, 6.45) is 9.80. The Morgan fingerprint density at radius 3 is 2.61 bits per heavy atom. The second-order valence-electron chi connectivity index (χ2n) is 10.5. The Balaban J connectivity index is 1.60. The Hall–Kier alpha value is -3.33. The number of carbonyl (C=O) groups excluding carboxylic acids is 1. The summed E-state index contributed by atoms with van der Waals surface area (Å²) in [5.74, 6) is -0.450. The van der Waals surface area contributed by atoms with Crippen LogP contribution in [-0.2, 0) is 29.0 Å². The first-order valence-electron chi connectivity index (χ1n) is 12.6. The van der Waals surface area contributed by atoms with Crippen LogP contribution < -0.4 is 11.1 Å². The molecule has 1 aliphatic rings. The number of amides is 1. The molecular formula is C27H39N5O4. The van der Waals surface area contributed by atoms with E-state index in [1.165, 1.54) is 11.1 Å². The van der Waals surface area contributed by atoms with Crippen molar-refractivity contribution in [3.8, 4) is 0 Å². The fraction of sp³-hybridized carbons (Fsp3) is 0.519. The number of carboxylic acids is 1. The molecule has 0 radical (unpaired) electrons. The third-order valence-electron chi connectivity index (χ3n) is 6.14. The normalized spacial score (nSPS) is 15.3. The van der Waals surface area contributed by atoms with E-state index in [0.29, 0.717) is 17.3 Å². The number of aryl methyl sites for hydroxylation is 1. The molecule has 0 aliphatic carbocycles. The van der Waals surface area contributed by atoms with Gasteiger partial charge in [-0.25, -0.2) is 9.59 Å². The van der Waals surface area contributed by atoms with Crippen molar-refractivity contribution in [1.29, 1.82) is 0 Å². The smallest absolute Gasteiger partial charge is 0.412 e. The Bertz CT molecular complexity index is 1080. The minimum atomic E-state index is -0.967. The average Bonchev–Trinajstić information content (AvgIpc) is 3.23. The minimum absolute atomic E-state index is 0.510. The summed E-state index contributed by atoms with van der Waals surface area (Å²) >= 11 is 0. The number of hydrogen-bond acceptors (Lipinski definition) is 6. The van der Waals surface area contributed by atoms with E-state index in [0.717, 1.165) is 63.5 Å². The zero-order valence-corrected chi connectivity index (χ0v) is 21.8. The number of rotatable bonds is 9. The Morgan fingerprint density at radius 2 is 1.97 bits per heavy atom. The molecule has 9 nitrogen and oxygen atoms in total. The lowest BCUT2D eigenvalue weighted by Crippen LogP contribution is -2.35. The molecular weight excluding hydrogens is 458 g/mol. The highest BCUT2D eigenvalue weighted by atomic mass is 16.6. The van der Waals surface area contributed by atoms with Crippen molar-refractivity contribution < 1.29 is 19.4 Å². The first-order chi connectivity index (χ1) is 17.0. The van der Waals surface area contributed by atoms with Crippen LogP contribution in [0.5, 0.6) is 0 Å². The van der Waals surface area contributed by atoms with Crippen LogP contribution in [-0.4, -0.2) is 50.5 Å². The lowest BCUT2D eigenvalue weighted by atomic mass is 9.95. The number of aromatic nitrogens is 2. The van der Waals surface area contributed by atoms with Gasteiger partial charge in [0.25, 0.3) is 0 Å². The lowest BCUT2D eigenvalue weighted by molar-refractivity contribution is -0.131. The summed E-state index contributed by atoms with van der Waals surface area (Å²) in [5.41, 5.74) is 9.99. The maximum Gasteiger partial charge on any atom is 0.412 e. The van der Waals surface area contributed by atoms with Gasteiger partial charge < -0.3 is 15.6 Å². The summed E-state index contributed by atoms with van der Waals surface area (Å²) < 4.78 is 7.30. The zero-order valence-electron chi connectivity index (χ0n) is 21.8. The molecule has 2 heterocycles. The summed E-state index contributed by atoms with van der Waals surface area (Å²) in [4.78, 5) is 25.5. The van der Waals surface area contributed by atoms with E-state index in [9.17, 15) is 9.59 Å². The molecule has 1 aliphatic heterocycles. The molecule has 1 aromatic carbocycles. The molecule has 1 amide bonds. The van der Waals surface area contributed by atoms with Gasteiger partial charge in [-0.2, -0.15) is 5.10 Å². The molecule has 3 rings (SSSR count). The molecule has 1 aromatic heterocycles. The fourth-order valence-electron chi connectivity index (χ4n) is 4.45. The van der Waals surface area contributed by atoms with Crippen LogP contribution in [0.4, 0.5) is 16.2 Å². The van der Waals surface area contributed by atoms with Gasteiger partial charge in [0.1, 0.15) is 5.60 Å². The number of anilines is 2. The first-order valence-corrected chi connectivity index (χ1v) is 12.6. The van der Waals surface area contributed by atoms with Gasteiger partial charge in [-0.3, -0.25) is 14.9 Å². The quantitative estimate of drug-likeness (QED) is 0.337. The van der Waals surface area contributed by atoms with Crippen LogP contribution in [0.25, 0.3) is 6.08 Å². The third kappa shape index (κ3) is 8.41. The highest BCUT2D eigenvalue weighted by Crippen LogP contribution is 2.28. The van der Waals surface area contributed by atoms with Crippen molar-refractivity contribution >= 4 is 29.5 Å². The molecule has 0 spiro atoms. The van der Waals surface area contributed by atoms with Gasteiger partial charge in [0.2, 0.25) is 0 Å². The highest BCUT2D eigenvalue weighted by molar-refractivity contribution is 5.89. The van der Waals surface area contributed by atoms with Crippen LogP contribution in [0.15, 0.2) is 30.6 Å². The second kappa shape index (κ2) is 12.1. The predicted octanol–water partition coefficient (Wildman–Crippen LogP) is 4.77. The average molecular weight is 498 g/mol. The fourth-order valence-corrected chi connectivity index (χ4v) is 4.45. The summed E-state index contributed by atoms with van der Waals surface area (Å²) in [5, 5.41) is 16.0. The number of nitrogens with zero attached hydrogens (tertiary/aromatic N) is 3. The number of benzene rings is 1. The van der Waals surface area contributed by atoms with Crippen molar-refractivity contribution in [1.82, 2.24) is 14.7 Å². The van der Waals surface area contributed by atoms with E-state index < -0.39 is 17.7 Å². The lowest BCUT2D eigenvalue weighted by Gasteiger charge is -2.32. The molecule has 0 bridgehead atoms. The molecule has 196 valence electrons. The van der Waals surface area contributed by atoms with Crippen molar-refractivity contribution in [2.24, 2.45) is 5.92 Å². The Labute approximate surface area is 213 Å². The molecule has 9 heteroatoms. The molecule has 1 fully saturated rings. The number of ether oxygens (including phenoxy) is 1. The van der Waals surface area contributed by atoms with Gasteiger partial charge >= 0.3 is 12.1 Å². The largest absolute Gasteiger partial charge is 0.478 e. The van der Waals surface area contributed by atoms with E-state index in [1.807, 2.05) is 43.8 Å². The van der Waals surface area contributed by atoms with Crippen LogP contribution in [0.1, 0.15) is 63.6 Å². The maximum absolute atomic E-state index is 12.3. The third-order valence-corrected chi connectivity index (χ3v) is 6.14. The van der Waals surface area contributed by atoms with Crippen molar-refractivity contribution in [2.75, 3.05) is 24.1 Å². The monoisotopic (exact) mass is 497 g/mol. The van der Waals surface area contributed by atoms with E-state index in [4.69, 9.17) is 15.6 Å². The maximum atomic E-state index is 12.3. The van der Waals surface area contributed by atoms with Gasteiger partial charge in [0.15, 0.2) is 0 Å². The van der Waals surface area contributed by atoms with E-state index in [2.05, 4.69) is 22.2 Å². The number of nitrogens with two attached hydrogens (primary N) is 1. The number of aliphatic carboxylic acids is 1. The van der Waals surface area contributed by atoms with E-state index in [-0.39, 0.29) is 0 Å². The molecule has 36 heavy (non-hydrogen) atoms. The topological polar surface area (TPSA) is 123 Å². The molecule has 0 unspecified atom stereocenters. The molecule has 2 aromatic rings. The number of hydrogen-bond donors (Lipinski definition) is 3. The van der Waals surface area contributed by atoms with Gasteiger partial charge in [-0.1, -0.05) is 13.3 Å². The zero-order chi connectivity index (χ0) is 26.3. The number of carbonyl (C=O) groups is 2. The van der Waals surface area contributed by atoms with Crippen LogP contribution >= 0.6 is 0 Å². The standard InChI is InChI=1S/C27H39N5O4/c1-5-6-21-13-23(28)24(30-26(35)36-27(2,3)4)14-22(21)18-31-11-9-19(10-12-31)16-32-17-20(15-29-32)7-8-25(33)34/h7-8,13-15,17,19H,5-6,9-12,16,18,28H2,1-4H3,(H,30,35)(H,33,34)/b8-7+. The molecule has 4 N–H and O–H groups in total. The number of piperidine rings is 1. The van der Waals surface area contributed by atoms with Gasteiger partial charge in [-0.05, 0) is 88.4 Å². The van der Waals surface area contributed by atoms with Crippen molar-refractivity contribution in [2.45, 2.75) is 72.1 Å². The Morgan fingerprint density at radius 1 is 1.25 bits per heavy atom.